The Morgan fingerprint density at radius 2 is 1.48 bits per heavy atom. The average Bonchev–Trinajstić information content (AvgIpc) is 2.86. The van der Waals surface area contributed by atoms with Gasteiger partial charge in [-0.25, -0.2) is 0 Å². The van der Waals surface area contributed by atoms with Crippen molar-refractivity contribution in [3.05, 3.63) is 113 Å². The zero-order valence-electron chi connectivity index (χ0n) is 19.4. The van der Waals surface area contributed by atoms with Crippen molar-refractivity contribution in [3.63, 3.8) is 0 Å². The van der Waals surface area contributed by atoms with Crippen molar-refractivity contribution in [1.82, 2.24) is 9.80 Å². The molecule has 0 saturated heterocycles. The third-order valence-electron chi connectivity index (χ3n) is 6.62. The minimum atomic E-state index is -0.716. The van der Waals surface area contributed by atoms with Gasteiger partial charge in [-0.3, -0.25) is 9.69 Å². The second-order valence-electron chi connectivity index (χ2n) is 8.87. The second kappa shape index (κ2) is 10.4. The summed E-state index contributed by atoms with van der Waals surface area (Å²) in [6, 6.07) is 28.5. The summed E-state index contributed by atoms with van der Waals surface area (Å²) in [5.74, 6) is 0.120. The van der Waals surface area contributed by atoms with Gasteiger partial charge in [0.1, 0.15) is 5.41 Å². The molecule has 0 bridgehead atoms. The second-order valence-corrected chi connectivity index (χ2v) is 9.31. The van der Waals surface area contributed by atoms with Crippen molar-refractivity contribution in [2.24, 2.45) is 0 Å². The fourth-order valence-corrected chi connectivity index (χ4v) is 4.93. The standard InChI is InChI=1S/C29H31ClN2O/c1-31(2)28(33)29(25-9-5-3-6-10-25,26-11-7-4-8-12-26)19-22-32-20-17-24(18-21-32)23-13-15-27(30)16-14-23/h3-17H,18-22H2,1-2H3. The number of rotatable bonds is 7. The van der Waals surface area contributed by atoms with Crippen molar-refractivity contribution in [2.45, 2.75) is 18.3 Å². The monoisotopic (exact) mass is 458 g/mol. The highest BCUT2D eigenvalue weighted by Crippen LogP contribution is 2.38. The molecule has 3 aromatic carbocycles. The molecular formula is C29H31ClN2O. The van der Waals surface area contributed by atoms with Gasteiger partial charge in [0.15, 0.2) is 0 Å². The van der Waals surface area contributed by atoms with Crippen LogP contribution in [-0.4, -0.2) is 49.4 Å². The third kappa shape index (κ3) is 5.05. The molecule has 1 heterocycles. The third-order valence-corrected chi connectivity index (χ3v) is 6.87. The van der Waals surface area contributed by atoms with E-state index in [0.717, 1.165) is 48.6 Å². The van der Waals surface area contributed by atoms with Gasteiger partial charge in [0, 0.05) is 38.8 Å². The van der Waals surface area contributed by atoms with Gasteiger partial charge in [0.05, 0.1) is 0 Å². The summed E-state index contributed by atoms with van der Waals surface area (Å²) in [5.41, 5.74) is 3.98. The molecular weight excluding hydrogens is 428 g/mol. The number of nitrogens with zero attached hydrogens (tertiary/aromatic N) is 2. The van der Waals surface area contributed by atoms with Crippen molar-refractivity contribution in [1.29, 1.82) is 0 Å². The van der Waals surface area contributed by atoms with Crippen LogP contribution in [0.3, 0.4) is 0 Å². The quantitative estimate of drug-likeness (QED) is 0.440. The van der Waals surface area contributed by atoms with Gasteiger partial charge in [-0.1, -0.05) is 90.5 Å². The summed E-state index contributed by atoms with van der Waals surface area (Å²) in [4.78, 5) is 18.0. The molecule has 0 unspecified atom stereocenters. The zero-order chi connectivity index (χ0) is 23.3. The minimum absolute atomic E-state index is 0.120. The molecule has 3 nitrogen and oxygen atoms in total. The maximum absolute atomic E-state index is 13.8. The van der Waals surface area contributed by atoms with E-state index in [1.807, 2.05) is 62.6 Å². The molecule has 0 aliphatic carbocycles. The van der Waals surface area contributed by atoms with E-state index in [0.29, 0.717) is 0 Å². The molecule has 170 valence electrons. The summed E-state index contributed by atoms with van der Waals surface area (Å²) in [5, 5.41) is 0.764. The van der Waals surface area contributed by atoms with Gasteiger partial charge in [-0.15, -0.1) is 0 Å². The van der Waals surface area contributed by atoms with E-state index < -0.39 is 5.41 Å². The molecule has 0 spiro atoms. The van der Waals surface area contributed by atoms with Crippen LogP contribution in [0.15, 0.2) is 91.0 Å². The van der Waals surface area contributed by atoms with Crippen LogP contribution in [0.2, 0.25) is 5.02 Å². The predicted molar refractivity (Wildman–Crippen MR) is 137 cm³/mol. The van der Waals surface area contributed by atoms with E-state index >= 15 is 0 Å². The average molecular weight is 459 g/mol. The lowest BCUT2D eigenvalue weighted by Gasteiger charge is -2.38. The van der Waals surface area contributed by atoms with E-state index in [-0.39, 0.29) is 5.91 Å². The van der Waals surface area contributed by atoms with Crippen molar-refractivity contribution in [2.75, 3.05) is 33.7 Å². The smallest absolute Gasteiger partial charge is 0.237 e. The normalized spacial score (nSPS) is 14.6. The molecule has 0 aromatic heterocycles. The van der Waals surface area contributed by atoms with Gasteiger partial charge >= 0.3 is 0 Å². The largest absolute Gasteiger partial charge is 0.348 e. The molecule has 1 amide bonds. The summed E-state index contributed by atoms with van der Waals surface area (Å²) in [6.45, 7) is 2.70. The van der Waals surface area contributed by atoms with Crippen LogP contribution in [-0.2, 0) is 10.2 Å². The SMILES string of the molecule is CN(C)C(=O)C(CCN1CC=C(c2ccc(Cl)cc2)CC1)(c1ccccc1)c1ccccc1. The van der Waals surface area contributed by atoms with E-state index in [1.54, 1.807) is 4.90 Å². The van der Waals surface area contributed by atoms with E-state index in [4.69, 9.17) is 11.6 Å². The summed E-state index contributed by atoms with van der Waals surface area (Å²) in [6.07, 6.45) is 4.03. The predicted octanol–water partition coefficient (Wildman–Crippen LogP) is 5.89. The first kappa shape index (κ1) is 23.3. The van der Waals surface area contributed by atoms with Crippen LogP contribution in [0, 0.1) is 0 Å². The molecule has 0 fully saturated rings. The van der Waals surface area contributed by atoms with Crippen LogP contribution in [0.25, 0.3) is 5.57 Å². The number of hydrogen-bond acceptors (Lipinski definition) is 2. The van der Waals surface area contributed by atoms with Gasteiger partial charge in [0.25, 0.3) is 0 Å². The fraction of sp³-hybridized carbons (Fsp3) is 0.276. The molecule has 33 heavy (non-hydrogen) atoms. The fourth-order valence-electron chi connectivity index (χ4n) is 4.80. The van der Waals surface area contributed by atoms with Crippen LogP contribution in [0.4, 0.5) is 0 Å². The summed E-state index contributed by atoms with van der Waals surface area (Å²) < 4.78 is 0. The van der Waals surface area contributed by atoms with E-state index in [9.17, 15) is 4.79 Å². The number of likely N-dealkylation sites (N-methyl/N-ethyl adjacent to an activating group) is 1. The molecule has 4 heteroatoms. The minimum Gasteiger partial charge on any atom is -0.348 e. The highest BCUT2D eigenvalue weighted by Gasteiger charge is 2.43. The number of halogens is 1. The lowest BCUT2D eigenvalue weighted by Crippen LogP contribution is -2.47. The van der Waals surface area contributed by atoms with Gasteiger partial charge in [-0.2, -0.15) is 0 Å². The highest BCUT2D eigenvalue weighted by atomic mass is 35.5. The highest BCUT2D eigenvalue weighted by molar-refractivity contribution is 6.30. The Hall–Kier alpha value is -2.88. The molecule has 0 saturated carbocycles. The maximum atomic E-state index is 13.8. The summed E-state index contributed by atoms with van der Waals surface area (Å²) >= 11 is 6.05. The Balaban J connectivity index is 1.60. The van der Waals surface area contributed by atoms with Crippen molar-refractivity contribution >= 4 is 23.1 Å². The van der Waals surface area contributed by atoms with E-state index in [2.05, 4.69) is 47.4 Å². The lowest BCUT2D eigenvalue weighted by atomic mass is 9.70. The Morgan fingerprint density at radius 3 is 1.97 bits per heavy atom. The Morgan fingerprint density at radius 1 is 0.909 bits per heavy atom. The number of carbonyl (C=O) groups is 1. The van der Waals surface area contributed by atoms with Crippen LogP contribution >= 0.6 is 11.6 Å². The van der Waals surface area contributed by atoms with E-state index in [1.165, 1.54) is 11.1 Å². The van der Waals surface area contributed by atoms with Crippen molar-refractivity contribution in [3.8, 4) is 0 Å². The van der Waals surface area contributed by atoms with Gasteiger partial charge in [-0.05, 0) is 47.2 Å². The number of amides is 1. The van der Waals surface area contributed by atoms with Crippen LogP contribution in [0.1, 0.15) is 29.5 Å². The topological polar surface area (TPSA) is 23.6 Å². The molecule has 3 aromatic rings. The Bertz CT molecular complexity index is 1050. The van der Waals surface area contributed by atoms with Gasteiger partial charge < -0.3 is 4.90 Å². The number of benzene rings is 3. The van der Waals surface area contributed by atoms with Crippen molar-refractivity contribution < 1.29 is 4.79 Å². The Kier molecular flexibility index (Phi) is 7.32. The van der Waals surface area contributed by atoms with Gasteiger partial charge in [0.2, 0.25) is 5.91 Å². The Labute approximate surface area is 202 Å². The first-order chi connectivity index (χ1) is 16.0. The number of carbonyl (C=O) groups excluding carboxylic acids is 1. The molecule has 0 atom stereocenters. The van der Waals surface area contributed by atoms with Crippen LogP contribution in [0.5, 0.6) is 0 Å². The molecule has 0 N–H and O–H groups in total. The first-order valence-corrected chi connectivity index (χ1v) is 11.9. The molecule has 1 aliphatic rings. The van der Waals surface area contributed by atoms with Crippen LogP contribution < -0.4 is 0 Å². The number of hydrogen-bond donors (Lipinski definition) is 0. The first-order valence-electron chi connectivity index (χ1n) is 11.5. The molecule has 0 radical (unpaired) electrons. The maximum Gasteiger partial charge on any atom is 0.237 e. The zero-order valence-corrected chi connectivity index (χ0v) is 20.1. The lowest BCUT2D eigenvalue weighted by molar-refractivity contribution is -0.133. The summed E-state index contributed by atoms with van der Waals surface area (Å²) in [7, 11) is 3.70. The molecule has 1 aliphatic heterocycles. The molecule has 4 rings (SSSR count).